The van der Waals surface area contributed by atoms with Gasteiger partial charge in [-0.05, 0) is 84.5 Å². The molecular weight excluding hydrogens is 344 g/mol. The molecule has 0 radical (unpaired) electrons. The Morgan fingerprint density at radius 2 is 1.68 bits per heavy atom. The third kappa shape index (κ3) is 4.26. The van der Waals surface area contributed by atoms with E-state index in [0.717, 1.165) is 12.0 Å². The van der Waals surface area contributed by atoms with Crippen LogP contribution in [0.15, 0.2) is 42.0 Å². The van der Waals surface area contributed by atoms with Crippen LogP contribution in [0, 0.1) is 0 Å². The lowest BCUT2D eigenvalue weighted by molar-refractivity contribution is -0.137. The minimum absolute atomic E-state index is 0.256. The first-order chi connectivity index (χ1) is 13.1. The Bertz CT molecular complexity index is 804. The predicted octanol–water partition coefficient (Wildman–Crippen LogP) is 6.52. The van der Waals surface area contributed by atoms with Crippen LogP contribution in [-0.4, -0.2) is 12.6 Å². The summed E-state index contributed by atoms with van der Waals surface area (Å²) in [4.78, 5) is 11.6. The number of carbonyl (C=O) groups is 1. The van der Waals surface area contributed by atoms with Crippen LogP contribution in [-0.2, 0) is 25.8 Å². The molecule has 0 aliphatic heterocycles. The standard InChI is InChI=1S/C26H36O2/c1-7-28-23(27)17-19(2)9-8-12-26(15-16-26)20-10-11-21-22(18-20)25(5,6)14-13-24(21,3)4/h8-11,17-18H,7,12-16H2,1-6H3. The average molecular weight is 381 g/mol. The zero-order chi connectivity index (χ0) is 20.6. The van der Waals surface area contributed by atoms with Gasteiger partial charge in [-0.3, -0.25) is 0 Å². The van der Waals surface area contributed by atoms with Crippen molar-refractivity contribution in [1.29, 1.82) is 0 Å². The summed E-state index contributed by atoms with van der Waals surface area (Å²) in [5.74, 6) is -0.259. The van der Waals surface area contributed by atoms with Gasteiger partial charge in [-0.25, -0.2) is 4.79 Å². The Morgan fingerprint density at radius 3 is 2.29 bits per heavy atom. The summed E-state index contributed by atoms with van der Waals surface area (Å²) >= 11 is 0. The molecule has 2 aliphatic rings. The molecule has 0 amide bonds. The third-order valence-corrected chi connectivity index (χ3v) is 6.84. The largest absolute Gasteiger partial charge is 0.463 e. The Balaban J connectivity index is 1.79. The summed E-state index contributed by atoms with van der Waals surface area (Å²) in [5.41, 5.74) is 6.34. The number of rotatable bonds is 6. The van der Waals surface area contributed by atoms with Gasteiger partial charge in [-0.15, -0.1) is 0 Å². The lowest BCUT2D eigenvalue weighted by atomic mass is 9.62. The molecule has 1 saturated carbocycles. The highest BCUT2D eigenvalue weighted by Gasteiger charge is 2.45. The van der Waals surface area contributed by atoms with E-state index in [1.165, 1.54) is 36.8 Å². The van der Waals surface area contributed by atoms with Gasteiger partial charge in [0.1, 0.15) is 0 Å². The molecule has 2 heteroatoms. The molecule has 0 aromatic heterocycles. The van der Waals surface area contributed by atoms with Crippen molar-refractivity contribution in [3.8, 4) is 0 Å². The van der Waals surface area contributed by atoms with Gasteiger partial charge in [0.15, 0.2) is 0 Å². The van der Waals surface area contributed by atoms with Gasteiger partial charge in [0.2, 0.25) is 0 Å². The Kier molecular flexibility index (Phi) is 5.62. The van der Waals surface area contributed by atoms with Crippen LogP contribution in [0.2, 0.25) is 0 Å². The van der Waals surface area contributed by atoms with Crippen molar-refractivity contribution < 1.29 is 9.53 Å². The van der Waals surface area contributed by atoms with Gasteiger partial charge < -0.3 is 4.74 Å². The monoisotopic (exact) mass is 380 g/mol. The summed E-state index contributed by atoms with van der Waals surface area (Å²) in [6.45, 7) is 13.8. The number of ether oxygens (including phenoxy) is 1. The highest BCUT2D eigenvalue weighted by Crippen LogP contribution is 2.54. The maximum absolute atomic E-state index is 11.6. The molecule has 1 aromatic rings. The third-order valence-electron chi connectivity index (χ3n) is 6.84. The first-order valence-corrected chi connectivity index (χ1v) is 10.8. The van der Waals surface area contributed by atoms with Crippen LogP contribution in [0.3, 0.4) is 0 Å². The summed E-state index contributed by atoms with van der Waals surface area (Å²) in [7, 11) is 0. The van der Waals surface area contributed by atoms with E-state index < -0.39 is 0 Å². The van der Waals surface area contributed by atoms with Crippen molar-refractivity contribution in [3.63, 3.8) is 0 Å². The zero-order valence-corrected chi connectivity index (χ0v) is 18.5. The number of esters is 1. The quantitative estimate of drug-likeness (QED) is 0.319. The maximum atomic E-state index is 11.6. The van der Waals surface area contributed by atoms with Crippen molar-refractivity contribution in [2.75, 3.05) is 6.61 Å². The molecule has 152 valence electrons. The first kappa shape index (κ1) is 20.9. The second kappa shape index (κ2) is 7.54. The lowest BCUT2D eigenvalue weighted by Gasteiger charge is -2.42. The minimum atomic E-state index is -0.259. The van der Waals surface area contributed by atoms with Gasteiger partial charge in [-0.1, -0.05) is 58.0 Å². The SMILES string of the molecule is CCOC(=O)C=C(C)C=CCC1(c2ccc3c(c2)C(C)(C)CCC3(C)C)CC1. The average Bonchev–Trinajstić information content (AvgIpc) is 3.40. The highest BCUT2D eigenvalue weighted by atomic mass is 16.5. The van der Waals surface area contributed by atoms with E-state index >= 15 is 0 Å². The summed E-state index contributed by atoms with van der Waals surface area (Å²) in [6, 6.07) is 7.30. The van der Waals surface area contributed by atoms with Crippen molar-refractivity contribution >= 4 is 5.97 Å². The van der Waals surface area contributed by atoms with E-state index in [1.807, 2.05) is 13.8 Å². The number of allylic oxidation sites excluding steroid dienone is 3. The lowest BCUT2D eigenvalue weighted by Crippen LogP contribution is -2.34. The predicted molar refractivity (Wildman–Crippen MR) is 117 cm³/mol. The van der Waals surface area contributed by atoms with Crippen LogP contribution in [0.25, 0.3) is 0 Å². The van der Waals surface area contributed by atoms with Crippen LogP contribution in [0.5, 0.6) is 0 Å². The van der Waals surface area contributed by atoms with Crippen molar-refractivity contribution in [1.82, 2.24) is 0 Å². The number of hydrogen-bond donors (Lipinski definition) is 0. The summed E-state index contributed by atoms with van der Waals surface area (Å²) in [5, 5.41) is 0. The molecule has 0 atom stereocenters. The fourth-order valence-corrected chi connectivity index (χ4v) is 4.57. The fourth-order valence-electron chi connectivity index (χ4n) is 4.57. The normalized spacial score (nSPS) is 22.0. The van der Waals surface area contributed by atoms with E-state index in [1.54, 1.807) is 11.6 Å². The Morgan fingerprint density at radius 1 is 1.04 bits per heavy atom. The van der Waals surface area contributed by atoms with E-state index in [-0.39, 0.29) is 22.2 Å². The van der Waals surface area contributed by atoms with Crippen LogP contribution in [0.1, 0.15) is 90.3 Å². The Labute approximate surface area is 171 Å². The van der Waals surface area contributed by atoms with Crippen LogP contribution in [0.4, 0.5) is 0 Å². The molecule has 0 saturated heterocycles. The smallest absolute Gasteiger partial charge is 0.330 e. The van der Waals surface area contributed by atoms with E-state index in [4.69, 9.17) is 4.74 Å². The fraction of sp³-hybridized carbons (Fsp3) is 0.577. The molecular formula is C26H36O2. The number of fused-ring (bicyclic) bond motifs is 1. The van der Waals surface area contributed by atoms with Gasteiger partial charge in [0, 0.05) is 6.08 Å². The second-order valence-corrected chi connectivity index (χ2v) is 10.1. The molecule has 0 bridgehead atoms. The topological polar surface area (TPSA) is 26.3 Å². The molecule has 2 nitrogen and oxygen atoms in total. The maximum Gasteiger partial charge on any atom is 0.330 e. The summed E-state index contributed by atoms with van der Waals surface area (Å²) in [6.07, 6.45) is 11.9. The molecule has 1 aromatic carbocycles. The zero-order valence-electron chi connectivity index (χ0n) is 18.5. The second-order valence-electron chi connectivity index (χ2n) is 10.1. The molecule has 0 N–H and O–H groups in total. The molecule has 0 spiro atoms. The van der Waals surface area contributed by atoms with Crippen molar-refractivity contribution in [2.24, 2.45) is 0 Å². The van der Waals surface area contributed by atoms with Gasteiger partial charge >= 0.3 is 5.97 Å². The molecule has 1 fully saturated rings. The molecule has 2 aliphatic carbocycles. The number of hydrogen-bond acceptors (Lipinski definition) is 2. The van der Waals surface area contributed by atoms with E-state index in [0.29, 0.717) is 6.61 Å². The van der Waals surface area contributed by atoms with Gasteiger partial charge in [0.05, 0.1) is 6.61 Å². The van der Waals surface area contributed by atoms with Gasteiger partial charge in [-0.2, -0.15) is 0 Å². The summed E-state index contributed by atoms with van der Waals surface area (Å²) < 4.78 is 4.98. The molecule has 0 unspecified atom stereocenters. The van der Waals surface area contributed by atoms with Crippen LogP contribution < -0.4 is 0 Å². The molecule has 3 rings (SSSR count). The first-order valence-electron chi connectivity index (χ1n) is 10.8. The molecule has 0 heterocycles. The number of benzene rings is 1. The highest BCUT2D eigenvalue weighted by molar-refractivity contribution is 5.83. The van der Waals surface area contributed by atoms with Crippen LogP contribution >= 0.6 is 0 Å². The van der Waals surface area contributed by atoms with E-state index in [2.05, 4.69) is 58.0 Å². The van der Waals surface area contributed by atoms with Crippen molar-refractivity contribution in [2.45, 2.75) is 89.9 Å². The minimum Gasteiger partial charge on any atom is -0.463 e. The molecule has 28 heavy (non-hydrogen) atoms. The Hall–Kier alpha value is -1.83. The van der Waals surface area contributed by atoms with Crippen molar-refractivity contribution in [3.05, 3.63) is 58.7 Å². The van der Waals surface area contributed by atoms with E-state index in [9.17, 15) is 4.79 Å². The number of carbonyl (C=O) groups excluding carboxylic acids is 1. The van der Waals surface area contributed by atoms with Gasteiger partial charge in [0.25, 0.3) is 0 Å².